The van der Waals surface area contributed by atoms with Gasteiger partial charge in [-0.1, -0.05) is 76.3 Å². The van der Waals surface area contributed by atoms with E-state index in [0.717, 1.165) is 49.0 Å². The van der Waals surface area contributed by atoms with Gasteiger partial charge in [-0.2, -0.15) is 8.42 Å². The van der Waals surface area contributed by atoms with Gasteiger partial charge in [0.1, 0.15) is 0 Å². The fourth-order valence-corrected chi connectivity index (χ4v) is 10.7. The smallest absolute Gasteiger partial charge is 0.297 e. The maximum Gasteiger partial charge on any atom is 0.297 e. The quantitative estimate of drug-likeness (QED) is 0.247. The Bertz CT molecular complexity index is 1140. The molecule has 1 aromatic rings. The predicted octanol–water partition coefficient (Wildman–Crippen LogP) is 8.08. The molecular weight excluding hydrogens is 504 g/mol. The van der Waals surface area contributed by atoms with Gasteiger partial charge < -0.3 is 5.11 Å². The number of hydrogen-bond acceptors (Lipinski definition) is 4. The molecule has 0 aliphatic heterocycles. The summed E-state index contributed by atoms with van der Waals surface area (Å²) < 4.78 is 32.5. The Hall–Kier alpha value is -1.17. The molecule has 1 aromatic carbocycles. The highest BCUT2D eigenvalue weighted by Crippen LogP contribution is 2.67. The second-order valence-corrected chi connectivity index (χ2v) is 16.1. The van der Waals surface area contributed by atoms with Crippen LogP contribution < -0.4 is 0 Å². The molecule has 218 valence electrons. The van der Waals surface area contributed by atoms with Gasteiger partial charge in [0, 0.05) is 5.41 Å². The van der Waals surface area contributed by atoms with E-state index in [4.69, 9.17) is 4.18 Å². The van der Waals surface area contributed by atoms with Gasteiger partial charge in [0.2, 0.25) is 0 Å². The van der Waals surface area contributed by atoms with Gasteiger partial charge in [-0.3, -0.25) is 4.18 Å². The van der Waals surface area contributed by atoms with E-state index in [0.29, 0.717) is 29.6 Å². The molecule has 0 heterocycles. The summed E-state index contributed by atoms with van der Waals surface area (Å²) in [6.07, 6.45) is 14.4. The van der Waals surface area contributed by atoms with E-state index in [1.54, 1.807) is 12.1 Å². The lowest BCUT2D eigenvalue weighted by Gasteiger charge is -2.59. The lowest BCUT2D eigenvalue weighted by molar-refractivity contribution is -0.0755. The minimum Gasteiger partial charge on any atom is -0.393 e. The third-order valence-electron chi connectivity index (χ3n) is 11.8. The molecule has 4 nitrogen and oxygen atoms in total. The van der Waals surface area contributed by atoms with Crippen LogP contribution in [0.25, 0.3) is 0 Å². The zero-order valence-corrected chi connectivity index (χ0v) is 25.8. The van der Waals surface area contributed by atoms with Gasteiger partial charge in [0.25, 0.3) is 10.1 Å². The molecule has 5 rings (SSSR count). The van der Waals surface area contributed by atoms with Crippen molar-refractivity contribution in [3.8, 4) is 0 Å². The summed E-state index contributed by atoms with van der Waals surface area (Å²) in [5.74, 6) is 4.07. The molecule has 4 aliphatic rings. The lowest BCUT2D eigenvalue weighted by atomic mass is 9.46. The lowest BCUT2D eigenvalue weighted by Crippen LogP contribution is -2.53. The Morgan fingerprint density at radius 2 is 1.74 bits per heavy atom. The normalized spacial score (nSPS) is 37.1. The first kappa shape index (κ1) is 29.3. The van der Waals surface area contributed by atoms with Gasteiger partial charge in [-0.25, -0.2) is 0 Å². The minimum absolute atomic E-state index is 0.210. The molecule has 0 saturated heterocycles. The van der Waals surface area contributed by atoms with Crippen molar-refractivity contribution in [2.45, 2.75) is 116 Å². The molecule has 0 spiro atoms. The van der Waals surface area contributed by atoms with Crippen molar-refractivity contribution in [2.75, 3.05) is 6.61 Å². The fourth-order valence-electron chi connectivity index (χ4n) is 9.69. The standard InChI is InChI=1S/C34H52O4S/c1-23(2)7-6-8-25(4)30-15-16-31-29-14-11-26-21-27(35)17-20-34(26,32(29)18-19-33(30,31)5)22-38-39(36,37)28-12-9-24(3)10-13-28/h9-13,23,25,27,29-32,35H,6-8,14-22H2,1-5H3/t25-,27?,29+,30-,31+,32+,33-,34-/m1/s1. The van der Waals surface area contributed by atoms with E-state index < -0.39 is 10.1 Å². The molecule has 3 fully saturated rings. The maximum absolute atomic E-state index is 13.3. The monoisotopic (exact) mass is 556 g/mol. The maximum atomic E-state index is 13.3. The van der Waals surface area contributed by atoms with Crippen molar-refractivity contribution >= 4 is 10.1 Å². The molecule has 0 bridgehead atoms. The molecule has 1 N–H and O–H groups in total. The summed E-state index contributed by atoms with van der Waals surface area (Å²) in [7, 11) is -3.84. The van der Waals surface area contributed by atoms with Gasteiger partial charge in [-0.15, -0.1) is 0 Å². The molecule has 3 saturated carbocycles. The summed E-state index contributed by atoms with van der Waals surface area (Å²) in [6, 6.07) is 6.96. The molecule has 4 aliphatic carbocycles. The van der Waals surface area contributed by atoms with Crippen LogP contribution in [0.1, 0.15) is 104 Å². The number of aliphatic hydroxyl groups is 1. The Labute approximate surface area is 238 Å². The van der Waals surface area contributed by atoms with Gasteiger partial charge >= 0.3 is 0 Å². The van der Waals surface area contributed by atoms with E-state index in [9.17, 15) is 13.5 Å². The first-order valence-corrected chi connectivity index (χ1v) is 17.2. The molecule has 39 heavy (non-hydrogen) atoms. The van der Waals surface area contributed by atoms with Crippen LogP contribution in [0.4, 0.5) is 0 Å². The van der Waals surface area contributed by atoms with Crippen molar-refractivity contribution in [3.05, 3.63) is 41.5 Å². The second-order valence-electron chi connectivity index (χ2n) is 14.5. The van der Waals surface area contributed by atoms with Crippen molar-refractivity contribution in [1.29, 1.82) is 0 Å². The van der Waals surface area contributed by atoms with Gasteiger partial charge in [0.15, 0.2) is 0 Å². The van der Waals surface area contributed by atoms with E-state index >= 15 is 0 Å². The number of benzene rings is 1. The summed E-state index contributed by atoms with van der Waals surface area (Å²) >= 11 is 0. The molecule has 0 radical (unpaired) electrons. The van der Waals surface area contributed by atoms with E-state index in [1.165, 1.54) is 44.1 Å². The van der Waals surface area contributed by atoms with Crippen molar-refractivity contribution < 1.29 is 17.7 Å². The number of aliphatic hydroxyl groups excluding tert-OH is 1. The molecule has 8 atom stereocenters. The zero-order chi connectivity index (χ0) is 28.0. The molecule has 1 unspecified atom stereocenters. The van der Waals surface area contributed by atoms with Crippen LogP contribution in [0.15, 0.2) is 40.8 Å². The highest BCUT2D eigenvalue weighted by molar-refractivity contribution is 7.86. The Morgan fingerprint density at radius 3 is 2.46 bits per heavy atom. The molecule has 0 amide bonds. The number of rotatable bonds is 9. The number of fused-ring (bicyclic) bond motifs is 5. The Balaban J connectivity index is 1.37. The topological polar surface area (TPSA) is 63.6 Å². The zero-order valence-electron chi connectivity index (χ0n) is 25.0. The summed E-state index contributed by atoms with van der Waals surface area (Å²) in [5.41, 5.74) is 2.40. The Morgan fingerprint density at radius 1 is 1.00 bits per heavy atom. The van der Waals surface area contributed by atoms with Crippen LogP contribution in [-0.2, 0) is 14.3 Å². The van der Waals surface area contributed by atoms with Gasteiger partial charge in [-0.05, 0) is 111 Å². The highest BCUT2D eigenvalue weighted by Gasteiger charge is 2.60. The van der Waals surface area contributed by atoms with Crippen LogP contribution in [0.2, 0.25) is 0 Å². The average Bonchev–Trinajstić information content (AvgIpc) is 3.25. The van der Waals surface area contributed by atoms with Crippen LogP contribution >= 0.6 is 0 Å². The summed E-state index contributed by atoms with van der Waals surface area (Å²) in [4.78, 5) is 0.236. The van der Waals surface area contributed by atoms with Crippen LogP contribution in [0.3, 0.4) is 0 Å². The molecular formula is C34H52O4S. The molecule has 0 aromatic heterocycles. The molecule has 5 heteroatoms. The highest BCUT2D eigenvalue weighted by atomic mass is 32.2. The van der Waals surface area contributed by atoms with Crippen molar-refractivity contribution in [3.63, 3.8) is 0 Å². The van der Waals surface area contributed by atoms with E-state index in [2.05, 4.69) is 33.8 Å². The van der Waals surface area contributed by atoms with E-state index in [1.807, 2.05) is 19.1 Å². The predicted molar refractivity (Wildman–Crippen MR) is 158 cm³/mol. The fraction of sp³-hybridized carbons (Fsp3) is 0.765. The van der Waals surface area contributed by atoms with Crippen LogP contribution in [0.5, 0.6) is 0 Å². The third kappa shape index (κ3) is 5.54. The van der Waals surface area contributed by atoms with Crippen LogP contribution in [0, 0.1) is 53.3 Å². The van der Waals surface area contributed by atoms with E-state index in [-0.39, 0.29) is 23.0 Å². The number of hydrogen-bond donors (Lipinski definition) is 1. The Kier molecular flexibility index (Phi) is 8.46. The SMILES string of the molecule is Cc1ccc(S(=O)(=O)OC[C@]23CCC(O)CC2=CC[C@@H]2[C@@H]3CC[C@]3(C)[C@@H]([C@H](C)CCCC(C)C)CC[C@@H]23)cc1. The largest absolute Gasteiger partial charge is 0.393 e. The van der Waals surface area contributed by atoms with Crippen molar-refractivity contribution in [2.24, 2.45) is 46.3 Å². The average molecular weight is 557 g/mol. The first-order chi connectivity index (χ1) is 18.5. The second kappa shape index (κ2) is 11.2. The summed E-state index contributed by atoms with van der Waals surface area (Å²) in [6.45, 7) is 11.9. The number of allylic oxidation sites excluding steroid dienone is 1. The first-order valence-electron chi connectivity index (χ1n) is 15.8. The third-order valence-corrected chi connectivity index (χ3v) is 13.1. The number of aryl methyl sites for hydroxylation is 1. The minimum atomic E-state index is -3.84. The summed E-state index contributed by atoms with van der Waals surface area (Å²) in [5, 5.41) is 10.6. The van der Waals surface area contributed by atoms with Crippen LogP contribution in [-0.4, -0.2) is 26.2 Å². The van der Waals surface area contributed by atoms with Gasteiger partial charge in [0.05, 0.1) is 17.6 Å². The van der Waals surface area contributed by atoms with Crippen molar-refractivity contribution in [1.82, 2.24) is 0 Å².